The third-order valence-electron chi connectivity index (χ3n) is 3.08. The Balaban J connectivity index is 1.99. The quantitative estimate of drug-likeness (QED) is 0.881. The van der Waals surface area contributed by atoms with Gasteiger partial charge in [0, 0.05) is 11.3 Å². The van der Waals surface area contributed by atoms with Crippen LogP contribution < -0.4 is 15.8 Å². The van der Waals surface area contributed by atoms with Crippen molar-refractivity contribution >= 4 is 17.5 Å². The van der Waals surface area contributed by atoms with Gasteiger partial charge in [-0.25, -0.2) is 0 Å². The summed E-state index contributed by atoms with van der Waals surface area (Å²) in [6.07, 6.45) is -0.750. The van der Waals surface area contributed by atoms with E-state index in [0.717, 1.165) is 0 Å². The predicted octanol–water partition coefficient (Wildman–Crippen LogP) is 2.06. The van der Waals surface area contributed by atoms with Crippen LogP contribution in [0.1, 0.15) is 22.8 Å². The molecule has 6 heteroatoms. The van der Waals surface area contributed by atoms with Crippen LogP contribution >= 0.6 is 0 Å². The minimum Gasteiger partial charge on any atom is -0.481 e. The molecule has 3 N–H and O–H groups in total. The topological polar surface area (TPSA) is 105 Å². The van der Waals surface area contributed by atoms with E-state index in [1.54, 1.807) is 43.3 Å². The van der Waals surface area contributed by atoms with E-state index in [-0.39, 0.29) is 5.91 Å². The van der Waals surface area contributed by atoms with Gasteiger partial charge in [-0.15, -0.1) is 0 Å². The Morgan fingerprint density at radius 1 is 1.22 bits per heavy atom. The molecule has 0 saturated heterocycles. The summed E-state index contributed by atoms with van der Waals surface area (Å²) in [4.78, 5) is 23.1. The number of nitrogens with two attached hydrogens (primary N) is 1. The van der Waals surface area contributed by atoms with E-state index in [0.29, 0.717) is 22.6 Å². The molecule has 0 heterocycles. The van der Waals surface area contributed by atoms with Crippen LogP contribution in [-0.2, 0) is 4.79 Å². The molecule has 1 atom stereocenters. The van der Waals surface area contributed by atoms with Crippen LogP contribution in [-0.4, -0.2) is 17.9 Å². The van der Waals surface area contributed by atoms with Crippen molar-refractivity contribution in [2.75, 3.05) is 5.32 Å². The standard InChI is InChI=1S/C17H15N3O3/c1-11(23-15-7-5-13(6-8-15)16(19)21)17(22)20-14-4-2-3-12(9-14)10-18/h2-9,11H,1H3,(H2,19,21)(H,20,22). The highest BCUT2D eigenvalue weighted by molar-refractivity contribution is 5.94. The molecule has 0 aromatic heterocycles. The fraction of sp³-hybridized carbons (Fsp3) is 0.118. The van der Waals surface area contributed by atoms with Gasteiger partial charge in [-0.1, -0.05) is 6.07 Å². The van der Waals surface area contributed by atoms with Crippen LogP contribution in [0.2, 0.25) is 0 Å². The van der Waals surface area contributed by atoms with E-state index in [9.17, 15) is 9.59 Å². The van der Waals surface area contributed by atoms with Crippen molar-refractivity contribution in [1.82, 2.24) is 0 Å². The lowest BCUT2D eigenvalue weighted by molar-refractivity contribution is -0.122. The Labute approximate surface area is 133 Å². The number of carbonyl (C=O) groups is 2. The van der Waals surface area contributed by atoms with Gasteiger partial charge in [0.2, 0.25) is 5.91 Å². The van der Waals surface area contributed by atoms with Crippen LogP contribution in [0.5, 0.6) is 5.75 Å². The lowest BCUT2D eigenvalue weighted by Crippen LogP contribution is -2.30. The number of nitrogens with one attached hydrogen (secondary N) is 1. The molecule has 1 unspecified atom stereocenters. The number of rotatable bonds is 5. The molecule has 0 saturated carbocycles. The fourth-order valence-corrected chi connectivity index (χ4v) is 1.87. The zero-order valence-electron chi connectivity index (χ0n) is 12.4. The van der Waals surface area contributed by atoms with Crippen molar-refractivity contribution in [2.24, 2.45) is 5.73 Å². The van der Waals surface area contributed by atoms with Gasteiger partial charge in [0.25, 0.3) is 5.91 Å². The summed E-state index contributed by atoms with van der Waals surface area (Å²) < 4.78 is 5.51. The first kappa shape index (κ1) is 16.0. The summed E-state index contributed by atoms with van der Waals surface area (Å²) in [7, 11) is 0. The van der Waals surface area contributed by atoms with Crippen molar-refractivity contribution in [2.45, 2.75) is 13.0 Å². The Bertz CT molecular complexity index is 763. The van der Waals surface area contributed by atoms with Crippen molar-refractivity contribution in [3.05, 3.63) is 59.7 Å². The van der Waals surface area contributed by atoms with Crippen LogP contribution in [0.15, 0.2) is 48.5 Å². The maximum atomic E-state index is 12.1. The highest BCUT2D eigenvalue weighted by Crippen LogP contribution is 2.15. The molecule has 0 bridgehead atoms. The number of primary amides is 1. The van der Waals surface area contributed by atoms with Gasteiger partial charge in [-0.05, 0) is 49.4 Å². The van der Waals surface area contributed by atoms with Gasteiger partial charge in [-0.3, -0.25) is 9.59 Å². The van der Waals surface area contributed by atoms with E-state index in [1.165, 1.54) is 12.1 Å². The minimum absolute atomic E-state index is 0.348. The van der Waals surface area contributed by atoms with Crippen molar-refractivity contribution in [1.29, 1.82) is 5.26 Å². The lowest BCUT2D eigenvalue weighted by atomic mass is 10.2. The normalized spacial score (nSPS) is 11.1. The molecule has 0 fully saturated rings. The van der Waals surface area contributed by atoms with Crippen molar-refractivity contribution in [3.63, 3.8) is 0 Å². The Morgan fingerprint density at radius 3 is 2.52 bits per heavy atom. The Kier molecular flexibility index (Phi) is 4.95. The molecular formula is C17H15N3O3. The van der Waals surface area contributed by atoms with E-state index in [4.69, 9.17) is 15.7 Å². The number of benzene rings is 2. The molecule has 23 heavy (non-hydrogen) atoms. The third kappa shape index (κ3) is 4.32. The van der Waals surface area contributed by atoms with Crippen molar-refractivity contribution < 1.29 is 14.3 Å². The maximum Gasteiger partial charge on any atom is 0.265 e. The van der Waals surface area contributed by atoms with Gasteiger partial charge < -0.3 is 15.8 Å². The second-order valence-corrected chi connectivity index (χ2v) is 4.83. The van der Waals surface area contributed by atoms with Gasteiger partial charge in [0.05, 0.1) is 11.6 Å². The number of nitrogens with zero attached hydrogens (tertiary/aromatic N) is 1. The van der Waals surface area contributed by atoms with E-state index < -0.39 is 12.0 Å². The molecule has 2 amide bonds. The summed E-state index contributed by atoms with van der Waals surface area (Å²) in [5.41, 5.74) is 6.50. The first-order valence-corrected chi connectivity index (χ1v) is 6.87. The SMILES string of the molecule is CC(Oc1ccc(C(N)=O)cc1)C(=O)Nc1cccc(C#N)c1. The molecule has 6 nitrogen and oxygen atoms in total. The molecule has 2 aromatic carbocycles. The number of hydrogen-bond donors (Lipinski definition) is 2. The molecule has 0 spiro atoms. The van der Waals surface area contributed by atoms with Gasteiger partial charge in [0.15, 0.2) is 6.10 Å². The second-order valence-electron chi connectivity index (χ2n) is 4.83. The Hall–Kier alpha value is -3.33. The van der Waals surface area contributed by atoms with E-state index in [1.807, 2.05) is 6.07 Å². The smallest absolute Gasteiger partial charge is 0.265 e. The highest BCUT2D eigenvalue weighted by atomic mass is 16.5. The van der Waals surface area contributed by atoms with E-state index in [2.05, 4.69) is 5.32 Å². The van der Waals surface area contributed by atoms with Gasteiger partial charge >= 0.3 is 0 Å². The molecule has 0 aliphatic rings. The number of ether oxygens (including phenoxy) is 1. The van der Waals surface area contributed by atoms with Crippen LogP contribution in [0.3, 0.4) is 0 Å². The van der Waals surface area contributed by atoms with Crippen LogP contribution in [0.4, 0.5) is 5.69 Å². The number of hydrogen-bond acceptors (Lipinski definition) is 4. The molecule has 2 rings (SSSR count). The first-order chi connectivity index (χ1) is 11.0. The molecule has 0 aliphatic carbocycles. The highest BCUT2D eigenvalue weighted by Gasteiger charge is 2.15. The summed E-state index contributed by atoms with van der Waals surface area (Å²) in [5, 5.41) is 11.5. The lowest BCUT2D eigenvalue weighted by Gasteiger charge is -2.15. The number of amides is 2. The monoisotopic (exact) mass is 309 g/mol. The summed E-state index contributed by atoms with van der Waals surface area (Å²) in [6.45, 7) is 1.60. The van der Waals surface area contributed by atoms with E-state index >= 15 is 0 Å². The first-order valence-electron chi connectivity index (χ1n) is 6.87. The summed E-state index contributed by atoms with van der Waals surface area (Å²) in [6, 6.07) is 14.8. The second kappa shape index (κ2) is 7.09. The summed E-state index contributed by atoms with van der Waals surface area (Å²) in [5.74, 6) is -0.429. The van der Waals surface area contributed by atoms with Crippen molar-refractivity contribution in [3.8, 4) is 11.8 Å². The largest absolute Gasteiger partial charge is 0.481 e. The van der Waals surface area contributed by atoms with Crippen LogP contribution in [0.25, 0.3) is 0 Å². The zero-order chi connectivity index (χ0) is 16.8. The number of anilines is 1. The Morgan fingerprint density at radius 2 is 1.91 bits per heavy atom. The molecule has 0 radical (unpaired) electrons. The average Bonchev–Trinajstić information content (AvgIpc) is 2.55. The fourth-order valence-electron chi connectivity index (χ4n) is 1.87. The molecular weight excluding hydrogens is 294 g/mol. The third-order valence-corrected chi connectivity index (χ3v) is 3.08. The van der Waals surface area contributed by atoms with Crippen LogP contribution in [0, 0.1) is 11.3 Å². The zero-order valence-corrected chi connectivity index (χ0v) is 12.4. The number of carbonyl (C=O) groups excluding carboxylic acids is 2. The summed E-state index contributed by atoms with van der Waals surface area (Å²) >= 11 is 0. The molecule has 0 aliphatic heterocycles. The molecule has 116 valence electrons. The average molecular weight is 309 g/mol. The minimum atomic E-state index is -0.750. The maximum absolute atomic E-state index is 12.1. The van der Waals surface area contributed by atoms with Gasteiger partial charge in [0.1, 0.15) is 5.75 Å². The number of nitriles is 1. The predicted molar refractivity (Wildman–Crippen MR) is 84.8 cm³/mol. The van der Waals surface area contributed by atoms with Gasteiger partial charge in [-0.2, -0.15) is 5.26 Å². The molecule has 2 aromatic rings.